The second-order valence-corrected chi connectivity index (χ2v) is 9.87. The molecule has 0 saturated heterocycles. The molecule has 1 N–H and O–H groups in total. The summed E-state index contributed by atoms with van der Waals surface area (Å²) >= 11 is 1.66. The van der Waals surface area contributed by atoms with Gasteiger partial charge in [0.1, 0.15) is 0 Å². The highest BCUT2D eigenvalue weighted by molar-refractivity contribution is 7.99. The first kappa shape index (κ1) is 22.8. The van der Waals surface area contributed by atoms with Gasteiger partial charge in [-0.05, 0) is 42.2 Å². The third-order valence-electron chi connectivity index (χ3n) is 5.04. The molecule has 0 aliphatic heterocycles. The normalized spacial score (nSPS) is 11.2. The predicted molar refractivity (Wildman–Crippen MR) is 130 cm³/mol. The van der Waals surface area contributed by atoms with E-state index in [1.807, 2.05) is 30.3 Å². The van der Waals surface area contributed by atoms with Crippen LogP contribution in [0.5, 0.6) is 0 Å². The van der Waals surface area contributed by atoms with Gasteiger partial charge in [-0.3, -0.25) is 9.59 Å². The topological polar surface area (TPSA) is 46.2 Å². The van der Waals surface area contributed by atoms with Crippen LogP contribution in [0.1, 0.15) is 54.2 Å². The number of carbonyl (C=O) groups is 2. The van der Waals surface area contributed by atoms with Crippen LogP contribution in [0.3, 0.4) is 0 Å². The summed E-state index contributed by atoms with van der Waals surface area (Å²) in [5.41, 5.74) is 4.31. The van der Waals surface area contributed by atoms with Crippen LogP contribution in [-0.4, -0.2) is 17.4 Å². The third-order valence-corrected chi connectivity index (χ3v) is 6.05. The lowest BCUT2D eigenvalue weighted by Crippen LogP contribution is -2.13. The van der Waals surface area contributed by atoms with E-state index < -0.39 is 0 Å². The number of hydrogen-bond donors (Lipinski definition) is 1. The Hall–Kier alpha value is -2.85. The molecule has 0 spiro atoms. The smallest absolute Gasteiger partial charge is 0.225 e. The molecule has 3 nitrogen and oxygen atoms in total. The number of amides is 1. The van der Waals surface area contributed by atoms with E-state index in [-0.39, 0.29) is 17.1 Å². The van der Waals surface area contributed by atoms with Gasteiger partial charge < -0.3 is 5.32 Å². The molecule has 3 rings (SSSR count). The zero-order valence-electron chi connectivity index (χ0n) is 18.6. The van der Waals surface area contributed by atoms with E-state index in [2.05, 4.69) is 57.3 Å². The summed E-state index contributed by atoms with van der Waals surface area (Å²) in [7, 11) is 0. The quantitative estimate of drug-likeness (QED) is 0.337. The molecule has 0 unspecified atom stereocenters. The van der Waals surface area contributed by atoms with E-state index in [1.165, 1.54) is 11.1 Å². The average molecular weight is 432 g/mol. The molecule has 3 aromatic carbocycles. The van der Waals surface area contributed by atoms with E-state index in [1.54, 1.807) is 30.0 Å². The molecule has 0 saturated carbocycles. The van der Waals surface area contributed by atoms with Gasteiger partial charge in [-0.2, -0.15) is 0 Å². The minimum Gasteiger partial charge on any atom is -0.326 e. The van der Waals surface area contributed by atoms with Crippen LogP contribution in [0.15, 0.2) is 77.7 Å². The number of nitrogens with one attached hydrogen (secondary N) is 1. The number of benzene rings is 3. The van der Waals surface area contributed by atoms with Gasteiger partial charge in [0.15, 0.2) is 5.78 Å². The molecule has 0 atom stereocenters. The van der Waals surface area contributed by atoms with Crippen molar-refractivity contribution in [2.45, 2.75) is 44.4 Å². The number of hydrogen-bond acceptors (Lipinski definition) is 3. The van der Waals surface area contributed by atoms with Gasteiger partial charge >= 0.3 is 0 Å². The lowest BCUT2D eigenvalue weighted by molar-refractivity contribution is -0.115. The van der Waals surface area contributed by atoms with E-state index in [9.17, 15) is 9.59 Å². The van der Waals surface area contributed by atoms with Gasteiger partial charge in [0.25, 0.3) is 0 Å². The van der Waals surface area contributed by atoms with Crippen molar-refractivity contribution in [3.05, 3.63) is 95.1 Å². The van der Waals surface area contributed by atoms with Crippen molar-refractivity contribution in [1.82, 2.24) is 0 Å². The van der Waals surface area contributed by atoms with E-state index >= 15 is 0 Å². The Labute approximate surface area is 189 Å². The Morgan fingerprint density at radius 3 is 2.19 bits per heavy atom. The first-order chi connectivity index (χ1) is 14.7. The second-order valence-electron chi connectivity index (χ2n) is 8.70. The Morgan fingerprint density at radius 2 is 1.55 bits per heavy atom. The molecular weight excluding hydrogens is 402 g/mol. The van der Waals surface area contributed by atoms with Crippen molar-refractivity contribution in [1.29, 1.82) is 0 Å². The van der Waals surface area contributed by atoms with Crippen LogP contribution in [0.4, 0.5) is 5.69 Å². The Bertz CT molecular complexity index is 1050. The SMILES string of the molecule is Cc1ccc(SCCC(=O)Nc2cccc(C(=O)c3ccc(C(C)(C)C)cc3)c2)cc1. The van der Waals surface area contributed by atoms with Crippen molar-refractivity contribution < 1.29 is 9.59 Å². The van der Waals surface area contributed by atoms with E-state index in [4.69, 9.17) is 0 Å². The highest BCUT2D eigenvalue weighted by Gasteiger charge is 2.15. The number of aryl methyl sites for hydroxylation is 1. The van der Waals surface area contributed by atoms with Crippen LogP contribution < -0.4 is 5.32 Å². The summed E-state index contributed by atoms with van der Waals surface area (Å²) in [6.07, 6.45) is 0.408. The molecule has 0 radical (unpaired) electrons. The standard InChI is InChI=1S/C27H29NO2S/c1-19-8-14-24(15-9-19)31-17-16-25(29)28-23-7-5-6-21(18-23)26(30)20-10-12-22(13-11-20)27(2,3)4/h5-15,18H,16-17H2,1-4H3,(H,28,29). The maximum Gasteiger partial charge on any atom is 0.225 e. The summed E-state index contributed by atoms with van der Waals surface area (Å²) in [4.78, 5) is 26.4. The summed E-state index contributed by atoms with van der Waals surface area (Å²) in [5, 5.41) is 2.91. The van der Waals surface area contributed by atoms with Crippen LogP contribution in [0.25, 0.3) is 0 Å². The summed E-state index contributed by atoms with van der Waals surface area (Å²) in [6, 6.07) is 23.2. The largest absolute Gasteiger partial charge is 0.326 e. The number of ketones is 1. The fraction of sp³-hybridized carbons (Fsp3) is 0.259. The molecule has 0 bridgehead atoms. The minimum absolute atomic E-state index is 0.0452. The van der Waals surface area contributed by atoms with Crippen molar-refractivity contribution >= 4 is 29.1 Å². The summed E-state index contributed by atoms with van der Waals surface area (Å²) in [6.45, 7) is 8.50. The monoisotopic (exact) mass is 431 g/mol. The maximum absolute atomic E-state index is 12.9. The van der Waals surface area contributed by atoms with Gasteiger partial charge in [0.05, 0.1) is 0 Å². The average Bonchev–Trinajstić information content (AvgIpc) is 2.74. The zero-order valence-corrected chi connectivity index (χ0v) is 19.4. The first-order valence-electron chi connectivity index (χ1n) is 10.5. The summed E-state index contributed by atoms with van der Waals surface area (Å²) in [5.74, 6) is 0.596. The molecule has 0 aliphatic rings. The molecule has 0 aliphatic carbocycles. The van der Waals surface area contributed by atoms with Gasteiger partial charge in [-0.25, -0.2) is 0 Å². The van der Waals surface area contributed by atoms with Crippen molar-refractivity contribution in [3.8, 4) is 0 Å². The number of rotatable bonds is 7. The Balaban J connectivity index is 1.58. The molecule has 3 aromatic rings. The second kappa shape index (κ2) is 9.97. The fourth-order valence-electron chi connectivity index (χ4n) is 3.15. The summed E-state index contributed by atoms with van der Waals surface area (Å²) < 4.78 is 0. The molecule has 1 amide bonds. The fourth-order valence-corrected chi connectivity index (χ4v) is 4.00. The molecule has 31 heavy (non-hydrogen) atoms. The Kier molecular flexibility index (Phi) is 7.34. The highest BCUT2D eigenvalue weighted by Crippen LogP contribution is 2.24. The number of anilines is 1. The van der Waals surface area contributed by atoms with Crippen LogP contribution in [-0.2, 0) is 10.2 Å². The first-order valence-corrected chi connectivity index (χ1v) is 11.5. The van der Waals surface area contributed by atoms with Crippen LogP contribution >= 0.6 is 11.8 Å². The van der Waals surface area contributed by atoms with Gasteiger partial charge in [-0.15, -0.1) is 11.8 Å². The maximum atomic E-state index is 12.9. The highest BCUT2D eigenvalue weighted by atomic mass is 32.2. The van der Waals surface area contributed by atoms with Crippen LogP contribution in [0.2, 0.25) is 0 Å². The lowest BCUT2D eigenvalue weighted by Gasteiger charge is -2.19. The van der Waals surface area contributed by atoms with Crippen molar-refractivity contribution in [2.24, 2.45) is 0 Å². The van der Waals surface area contributed by atoms with Crippen molar-refractivity contribution in [3.63, 3.8) is 0 Å². The number of carbonyl (C=O) groups excluding carboxylic acids is 2. The van der Waals surface area contributed by atoms with Gasteiger partial charge in [0, 0.05) is 33.9 Å². The van der Waals surface area contributed by atoms with E-state index in [0.717, 1.165) is 4.90 Å². The van der Waals surface area contributed by atoms with Gasteiger partial charge in [0.2, 0.25) is 5.91 Å². The van der Waals surface area contributed by atoms with Crippen LogP contribution in [0, 0.1) is 6.92 Å². The molecule has 4 heteroatoms. The Morgan fingerprint density at radius 1 is 0.871 bits per heavy atom. The molecule has 160 valence electrons. The minimum atomic E-state index is -0.0567. The number of thioether (sulfide) groups is 1. The lowest BCUT2D eigenvalue weighted by atomic mass is 9.86. The third kappa shape index (κ3) is 6.56. The molecule has 0 aromatic heterocycles. The predicted octanol–water partition coefficient (Wildman–Crippen LogP) is 6.64. The molecular formula is C27H29NO2S. The zero-order chi connectivity index (χ0) is 22.4. The van der Waals surface area contributed by atoms with Crippen molar-refractivity contribution in [2.75, 3.05) is 11.1 Å². The van der Waals surface area contributed by atoms with E-state index in [0.29, 0.717) is 29.0 Å². The molecule has 0 heterocycles. The van der Waals surface area contributed by atoms with Gasteiger partial charge in [-0.1, -0.05) is 74.9 Å². The molecule has 0 fully saturated rings.